The van der Waals surface area contributed by atoms with E-state index in [-0.39, 0.29) is 10.4 Å². The molecular weight excluding hydrogens is 439 g/mol. The zero-order valence-corrected chi connectivity index (χ0v) is 16.7. The van der Waals surface area contributed by atoms with Crippen LogP contribution in [0.15, 0.2) is 28.7 Å². The van der Waals surface area contributed by atoms with Gasteiger partial charge in [0.2, 0.25) is 5.95 Å². The smallest absolute Gasteiger partial charge is 0.313 e. The number of nitrogens with zero attached hydrogens (tertiary/aromatic N) is 4. The minimum atomic E-state index is -4.60. The van der Waals surface area contributed by atoms with Crippen LogP contribution in [0.3, 0.4) is 0 Å². The van der Waals surface area contributed by atoms with Crippen molar-refractivity contribution in [3.63, 3.8) is 0 Å². The Kier molecular flexibility index (Phi) is 4.48. The number of amides is 1. The van der Waals surface area contributed by atoms with E-state index >= 15 is 0 Å². The highest BCUT2D eigenvalue weighted by Crippen LogP contribution is 2.47. The van der Waals surface area contributed by atoms with Crippen LogP contribution in [-0.4, -0.2) is 25.2 Å². The lowest BCUT2D eigenvalue weighted by molar-refractivity contribution is -0.142. The van der Waals surface area contributed by atoms with Crippen molar-refractivity contribution in [3.05, 3.63) is 40.1 Å². The quantitative estimate of drug-likeness (QED) is 0.623. The number of rotatable bonds is 4. The first-order valence-corrected chi connectivity index (χ1v) is 9.55. The molecule has 28 heavy (non-hydrogen) atoms. The van der Waals surface area contributed by atoms with Gasteiger partial charge in [0.25, 0.3) is 5.91 Å². The maximum atomic E-state index is 13.3. The van der Waals surface area contributed by atoms with E-state index in [1.165, 1.54) is 11.6 Å². The normalized spacial score (nSPS) is 15.8. The molecule has 0 spiro atoms. The molecule has 1 fully saturated rings. The van der Waals surface area contributed by atoms with Gasteiger partial charge in [-0.2, -0.15) is 18.3 Å². The molecule has 1 aliphatic rings. The molecule has 2 aromatic heterocycles. The van der Waals surface area contributed by atoms with Gasteiger partial charge in [-0.05, 0) is 47.8 Å². The molecule has 3 aromatic rings. The lowest BCUT2D eigenvalue weighted by Crippen LogP contribution is -2.27. The fourth-order valence-electron chi connectivity index (χ4n) is 3.21. The predicted molar refractivity (Wildman–Crippen MR) is 101 cm³/mol. The number of imidazole rings is 1. The Bertz CT molecular complexity index is 1070. The Morgan fingerprint density at radius 2 is 2.00 bits per heavy atom. The first-order chi connectivity index (χ1) is 13.2. The molecule has 0 aliphatic heterocycles. The number of hydrogen-bond acceptors (Lipinski definition) is 3. The Labute approximate surface area is 166 Å². The number of carbonyl (C=O) groups excluding carboxylic acids is 1. The lowest BCUT2D eigenvalue weighted by Gasteiger charge is -2.15. The van der Waals surface area contributed by atoms with Gasteiger partial charge in [0.1, 0.15) is 6.04 Å². The van der Waals surface area contributed by atoms with Crippen molar-refractivity contribution in [2.45, 2.75) is 37.9 Å². The van der Waals surface area contributed by atoms with E-state index in [4.69, 9.17) is 0 Å². The van der Waals surface area contributed by atoms with E-state index in [2.05, 4.69) is 31.3 Å². The second-order valence-corrected chi connectivity index (χ2v) is 7.71. The molecule has 0 radical (unpaired) electrons. The average molecular weight is 456 g/mol. The molecule has 2 heterocycles. The standard InChI is InChI=1S/C18H17BrF3N5O/c1-9(16(28)24-17-23-11-5-3-4-6-12(11)26(17)2)27-14(10-7-8-10)13(19)15(25-27)18(20,21)22/h3-6,9-10H,7-8H2,1-2H3,(H,23,24,28). The molecule has 0 bridgehead atoms. The zero-order valence-electron chi connectivity index (χ0n) is 15.1. The van der Waals surface area contributed by atoms with Crippen LogP contribution in [0.2, 0.25) is 0 Å². The van der Waals surface area contributed by atoms with Crippen molar-refractivity contribution < 1.29 is 18.0 Å². The van der Waals surface area contributed by atoms with Crippen LogP contribution in [0.4, 0.5) is 19.1 Å². The monoisotopic (exact) mass is 455 g/mol. The van der Waals surface area contributed by atoms with Crippen molar-refractivity contribution in [2.24, 2.45) is 7.05 Å². The summed E-state index contributed by atoms with van der Waals surface area (Å²) in [7, 11) is 1.76. The van der Waals surface area contributed by atoms with E-state index in [1.807, 2.05) is 24.3 Å². The molecule has 4 rings (SSSR count). The number of para-hydroxylation sites is 2. The van der Waals surface area contributed by atoms with Gasteiger partial charge < -0.3 is 4.57 Å². The van der Waals surface area contributed by atoms with Gasteiger partial charge in [0, 0.05) is 13.0 Å². The Morgan fingerprint density at radius 3 is 2.61 bits per heavy atom. The van der Waals surface area contributed by atoms with Gasteiger partial charge in [-0.3, -0.25) is 14.8 Å². The molecule has 1 amide bonds. The molecule has 1 aromatic carbocycles. The molecule has 1 N–H and O–H groups in total. The van der Waals surface area contributed by atoms with Crippen LogP contribution in [0.1, 0.15) is 43.1 Å². The number of nitrogens with one attached hydrogen (secondary N) is 1. The summed E-state index contributed by atoms with van der Waals surface area (Å²) in [4.78, 5) is 17.2. The lowest BCUT2D eigenvalue weighted by atomic mass is 10.2. The number of anilines is 1. The Balaban J connectivity index is 1.66. The summed E-state index contributed by atoms with van der Waals surface area (Å²) in [6.07, 6.45) is -3.04. The molecule has 0 saturated heterocycles. The third-order valence-electron chi connectivity index (χ3n) is 4.89. The zero-order chi connectivity index (χ0) is 20.2. The van der Waals surface area contributed by atoms with Crippen molar-refractivity contribution in [3.8, 4) is 0 Å². The van der Waals surface area contributed by atoms with Crippen LogP contribution in [-0.2, 0) is 18.0 Å². The largest absolute Gasteiger partial charge is 0.436 e. The summed E-state index contributed by atoms with van der Waals surface area (Å²) in [5.41, 5.74) is 0.967. The van der Waals surface area contributed by atoms with Gasteiger partial charge in [0.05, 0.1) is 21.2 Å². The number of aryl methyl sites for hydroxylation is 1. The first-order valence-electron chi connectivity index (χ1n) is 8.76. The SMILES string of the molecule is CC(C(=O)Nc1nc2ccccc2n1C)n1nc(C(F)(F)F)c(Br)c1C1CC1. The van der Waals surface area contributed by atoms with Gasteiger partial charge in [-0.15, -0.1) is 0 Å². The highest BCUT2D eigenvalue weighted by molar-refractivity contribution is 9.10. The van der Waals surface area contributed by atoms with Crippen LogP contribution in [0.25, 0.3) is 11.0 Å². The number of hydrogen-bond donors (Lipinski definition) is 1. The summed E-state index contributed by atoms with van der Waals surface area (Å²) >= 11 is 3.05. The number of fused-ring (bicyclic) bond motifs is 1. The van der Waals surface area contributed by atoms with E-state index in [0.29, 0.717) is 17.2 Å². The third kappa shape index (κ3) is 3.19. The van der Waals surface area contributed by atoms with Crippen LogP contribution in [0, 0.1) is 0 Å². The Morgan fingerprint density at radius 1 is 1.32 bits per heavy atom. The minimum Gasteiger partial charge on any atom is -0.313 e. The van der Waals surface area contributed by atoms with Gasteiger partial charge in [-0.1, -0.05) is 12.1 Å². The van der Waals surface area contributed by atoms with Crippen molar-refractivity contribution in [1.29, 1.82) is 0 Å². The minimum absolute atomic E-state index is 0.0241. The topological polar surface area (TPSA) is 64.7 Å². The summed E-state index contributed by atoms with van der Waals surface area (Å²) < 4.78 is 42.7. The number of carbonyl (C=O) groups is 1. The summed E-state index contributed by atoms with van der Waals surface area (Å²) in [6.45, 7) is 1.53. The molecule has 6 nitrogen and oxygen atoms in total. The highest BCUT2D eigenvalue weighted by Gasteiger charge is 2.43. The van der Waals surface area contributed by atoms with E-state index in [1.54, 1.807) is 11.6 Å². The number of benzene rings is 1. The van der Waals surface area contributed by atoms with E-state index in [9.17, 15) is 18.0 Å². The Hall–Kier alpha value is -2.36. The van der Waals surface area contributed by atoms with E-state index in [0.717, 1.165) is 18.4 Å². The van der Waals surface area contributed by atoms with Crippen molar-refractivity contribution in [1.82, 2.24) is 19.3 Å². The van der Waals surface area contributed by atoms with Crippen molar-refractivity contribution in [2.75, 3.05) is 5.32 Å². The molecule has 1 atom stereocenters. The van der Waals surface area contributed by atoms with Gasteiger partial charge in [0.15, 0.2) is 5.69 Å². The maximum Gasteiger partial charge on any atom is 0.436 e. The predicted octanol–water partition coefficient (Wildman–Crippen LogP) is 4.63. The molecule has 1 saturated carbocycles. The van der Waals surface area contributed by atoms with Crippen LogP contribution >= 0.6 is 15.9 Å². The molecular formula is C18H17BrF3N5O. The fourth-order valence-corrected chi connectivity index (χ4v) is 4.02. The van der Waals surface area contributed by atoms with E-state index < -0.39 is 23.8 Å². The molecule has 148 valence electrons. The van der Waals surface area contributed by atoms with Gasteiger partial charge >= 0.3 is 6.18 Å². The second kappa shape index (κ2) is 6.61. The second-order valence-electron chi connectivity index (χ2n) is 6.91. The first kappa shape index (κ1) is 19.0. The highest BCUT2D eigenvalue weighted by atomic mass is 79.9. The fraction of sp³-hybridized carbons (Fsp3) is 0.389. The average Bonchev–Trinajstić information content (AvgIpc) is 3.34. The molecule has 1 unspecified atom stereocenters. The molecule has 1 aliphatic carbocycles. The van der Waals surface area contributed by atoms with Crippen LogP contribution < -0.4 is 5.32 Å². The maximum absolute atomic E-state index is 13.3. The summed E-state index contributed by atoms with van der Waals surface area (Å²) in [5, 5.41) is 6.43. The number of halogens is 4. The van der Waals surface area contributed by atoms with Gasteiger partial charge in [-0.25, -0.2) is 4.98 Å². The number of alkyl halides is 3. The third-order valence-corrected chi connectivity index (χ3v) is 5.67. The summed E-state index contributed by atoms with van der Waals surface area (Å²) in [6, 6.07) is 6.46. The molecule has 10 heteroatoms. The summed E-state index contributed by atoms with van der Waals surface area (Å²) in [5.74, 6) is -0.179. The van der Waals surface area contributed by atoms with Crippen LogP contribution in [0.5, 0.6) is 0 Å². The number of aromatic nitrogens is 4. The van der Waals surface area contributed by atoms with Crippen molar-refractivity contribution >= 4 is 38.8 Å².